The van der Waals surface area contributed by atoms with Crippen LogP contribution in [0.3, 0.4) is 0 Å². The number of ether oxygens (including phenoxy) is 2. The Hall–Kier alpha value is -4.16. The molecule has 1 aromatic heterocycles. The van der Waals surface area contributed by atoms with Crippen LogP contribution in [0, 0.1) is 12.8 Å². The maximum Gasteiger partial charge on any atom is 0.471 e. The van der Waals surface area contributed by atoms with Gasteiger partial charge < -0.3 is 25.0 Å². The van der Waals surface area contributed by atoms with Gasteiger partial charge in [-0.05, 0) is 44.4 Å². The molecule has 220 valence electrons. The number of aryl methyl sites for hydroxylation is 1. The summed E-state index contributed by atoms with van der Waals surface area (Å²) in [5, 5.41) is 4.81. The minimum atomic E-state index is -5.05. The minimum absolute atomic E-state index is 0.0585. The fourth-order valence-electron chi connectivity index (χ4n) is 4.79. The zero-order chi connectivity index (χ0) is 29.7. The summed E-state index contributed by atoms with van der Waals surface area (Å²) in [6.07, 6.45) is -3.34. The summed E-state index contributed by atoms with van der Waals surface area (Å²) in [6, 6.07) is 8.47. The number of carbonyl (C=O) groups excluding carboxylic acids is 4. The van der Waals surface area contributed by atoms with Gasteiger partial charge in [-0.1, -0.05) is 29.8 Å². The average molecular weight is 577 g/mol. The predicted octanol–water partition coefficient (Wildman–Crippen LogP) is 2.86. The molecule has 0 spiro atoms. The molecule has 2 aliphatic rings. The number of benzene rings is 1. The zero-order valence-corrected chi connectivity index (χ0v) is 22.6. The van der Waals surface area contributed by atoms with Crippen LogP contribution in [0.5, 0.6) is 5.75 Å². The van der Waals surface area contributed by atoms with Crippen molar-refractivity contribution in [2.45, 2.75) is 57.5 Å². The summed E-state index contributed by atoms with van der Waals surface area (Å²) >= 11 is 0. The van der Waals surface area contributed by atoms with Crippen molar-refractivity contribution in [3.05, 3.63) is 59.4 Å². The van der Waals surface area contributed by atoms with Crippen LogP contribution in [0.4, 0.5) is 13.2 Å². The Labute approximate surface area is 234 Å². The predicted molar refractivity (Wildman–Crippen MR) is 139 cm³/mol. The normalized spacial score (nSPS) is 20.5. The van der Waals surface area contributed by atoms with Crippen molar-refractivity contribution in [3.8, 4) is 5.75 Å². The molecule has 0 bridgehead atoms. The molecule has 3 amide bonds. The smallest absolute Gasteiger partial charge is 0.471 e. The highest BCUT2D eigenvalue weighted by Crippen LogP contribution is 2.27. The lowest BCUT2D eigenvalue weighted by Gasteiger charge is -2.34. The monoisotopic (exact) mass is 576 g/mol. The van der Waals surface area contributed by atoms with Gasteiger partial charge in [-0.3, -0.25) is 19.2 Å². The van der Waals surface area contributed by atoms with Crippen LogP contribution in [-0.2, 0) is 19.1 Å². The first kappa shape index (κ1) is 29.8. The average Bonchev–Trinajstić information content (AvgIpc) is 3.38. The number of cyclic esters (lactones) is 1. The van der Waals surface area contributed by atoms with Crippen LogP contribution < -0.4 is 15.4 Å². The van der Waals surface area contributed by atoms with Gasteiger partial charge in [0.2, 0.25) is 5.91 Å². The van der Waals surface area contributed by atoms with Crippen molar-refractivity contribution in [1.29, 1.82) is 0 Å². The maximum atomic E-state index is 12.9. The Morgan fingerprint density at radius 1 is 1.15 bits per heavy atom. The van der Waals surface area contributed by atoms with Gasteiger partial charge in [-0.2, -0.15) is 13.2 Å². The molecule has 3 heterocycles. The van der Waals surface area contributed by atoms with Crippen LogP contribution >= 0.6 is 0 Å². The Kier molecular flexibility index (Phi) is 9.14. The summed E-state index contributed by atoms with van der Waals surface area (Å²) in [6.45, 7) is 4.17. The van der Waals surface area contributed by atoms with E-state index in [1.165, 1.54) is 25.3 Å². The fraction of sp³-hybridized carbons (Fsp3) is 0.464. The molecule has 2 fully saturated rings. The van der Waals surface area contributed by atoms with Gasteiger partial charge in [0.25, 0.3) is 5.91 Å². The zero-order valence-electron chi connectivity index (χ0n) is 22.6. The van der Waals surface area contributed by atoms with Gasteiger partial charge >= 0.3 is 18.1 Å². The second-order valence-corrected chi connectivity index (χ2v) is 10.3. The molecule has 2 N–H and O–H groups in total. The molecule has 0 aliphatic carbocycles. The quantitative estimate of drug-likeness (QED) is 0.463. The van der Waals surface area contributed by atoms with Crippen molar-refractivity contribution in [3.63, 3.8) is 0 Å². The number of alkyl halides is 3. The number of rotatable bonds is 8. The lowest BCUT2D eigenvalue weighted by atomic mass is 10.0. The summed E-state index contributed by atoms with van der Waals surface area (Å²) in [5.74, 6) is -3.42. The molecule has 41 heavy (non-hydrogen) atoms. The number of likely N-dealkylation sites (tertiary alicyclic amines) is 1. The van der Waals surface area contributed by atoms with Crippen LogP contribution in [0.2, 0.25) is 0 Å². The number of nitrogens with one attached hydrogen (secondary N) is 2. The Morgan fingerprint density at radius 2 is 1.88 bits per heavy atom. The van der Waals surface area contributed by atoms with E-state index < -0.39 is 42.0 Å². The molecule has 13 heteroatoms. The molecule has 10 nitrogen and oxygen atoms in total. The number of aromatic nitrogens is 1. The van der Waals surface area contributed by atoms with E-state index in [9.17, 15) is 32.3 Å². The van der Waals surface area contributed by atoms with E-state index in [0.717, 1.165) is 5.56 Å². The minimum Gasteiger partial charge on any atom is -0.482 e. The van der Waals surface area contributed by atoms with Crippen molar-refractivity contribution < 1.29 is 41.8 Å². The van der Waals surface area contributed by atoms with E-state index in [2.05, 4.69) is 10.3 Å². The van der Waals surface area contributed by atoms with Crippen molar-refractivity contribution in [2.24, 2.45) is 5.92 Å². The number of carbonyl (C=O) groups is 4. The molecule has 2 aliphatic heterocycles. The van der Waals surface area contributed by atoms with Gasteiger partial charge in [0.15, 0.2) is 0 Å². The molecule has 4 rings (SSSR count). The van der Waals surface area contributed by atoms with Crippen LogP contribution in [0.15, 0.2) is 42.6 Å². The summed E-state index contributed by atoms with van der Waals surface area (Å²) in [4.78, 5) is 54.3. The second kappa shape index (κ2) is 12.6. The molecule has 0 saturated carbocycles. The Balaban J connectivity index is 1.39. The number of piperidine rings is 1. The van der Waals surface area contributed by atoms with Gasteiger partial charge in [0.1, 0.15) is 24.2 Å². The molecule has 2 unspecified atom stereocenters. The topological polar surface area (TPSA) is 127 Å². The first-order chi connectivity index (χ1) is 19.4. The molecule has 0 radical (unpaired) electrons. The van der Waals surface area contributed by atoms with Gasteiger partial charge in [-0.25, -0.2) is 4.98 Å². The lowest BCUT2D eigenvalue weighted by Crippen LogP contribution is -2.51. The number of halogens is 3. The number of hydrogen-bond donors (Lipinski definition) is 2. The third kappa shape index (κ3) is 7.74. The molecule has 2 saturated heterocycles. The highest BCUT2D eigenvalue weighted by molar-refractivity contribution is 5.92. The standard InChI is InChI=1S/C28H31F3N4O6/c1-16-5-7-18(8-6-16)24(17(2)33-27(39)28(29,30)31)41-21-9-10-22(32-13-21)25(37)34-20-4-3-11-35(14-20)26(38)19-12-23(36)40-15-19/h5-10,13,17,19-20,24H,3-4,11-12,14-15H2,1-2H3,(H,33,39)(H,34,37)/t17?,19-,20-,24?/m0/s1. The molecule has 2 aromatic rings. The van der Waals surface area contributed by atoms with E-state index in [-0.39, 0.29) is 36.4 Å². The highest BCUT2D eigenvalue weighted by atomic mass is 19.4. The third-order valence-electron chi connectivity index (χ3n) is 6.98. The van der Waals surface area contributed by atoms with Gasteiger partial charge in [0, 0.05) is 19.1 Å². The van der Waals surface area contributed by atoms with Crippen molar-refractivity contribution in [1.82, 2.24) is 20.5 Å². The summed E-state index contributed by atoms with van der Waals surface area (Å²) < 4.78 is 49.4. The van der Waals surface area contributed by atoms with Crippen LogP contribution in [0.1, 0.15) is 53.9 Å². The first-order valence-electron chi connectivity index (χ1n) is 13.2. The van der Waals surface area contributed by atoms with Crippen LogP contribution in [-0.4, -0.2) is 71.5 Å². The van der Waals surface area contributed by atoms with Crippen molar-refractivity contribution in [2.75, 3.05) is 19.7 Å². The number of pyridine rings is 1. The van der Waals surface area contributed by atoms with Crippen molar-refractivity contribution >= 4 is 23.7 Å². The summed E-state index contributed by atoms with van der Waals surface area (Å²) in [5.41, 5.74) is 1.56. The van der Waals surface area contributed by atoms with E-state index in [4.69, 9.17) is 9.47 Å². The van der Waals surface area contributed by atoms with E-state index >= 15 is 0 Å². The fourth-order valence-corrected chi connectivity index (χ4v) is 4.79. The first-order valence-corrected chi connectivity index (χ1v) is 13.2. The number of hydrogen-bond acceptors (Lipinski definition) is 7. The molecule has 1 aromatic carbocycles. The van der Waals surface area contributed by atoms with Gasteiger partial charge in [-0.15, -0.1) is 0 Å². The SMILES string of the molecule is Cc1ccc(C(Oc2ccc(C(=O)N[C@H]3CCCN(C(=O)[C@@H]4COC(=O)C4)C3)nc2)C(C)NC(=O)C(F)(F)F)cc1. The number of amides is 3. The van der Waals surface area contributed by atoms with Crippen LogP contribution in [0.25, 0.3) is 0 Å². The lowest BCUT2D eigenvalue weighted by molar-refractivity contribution is -0.174. The largest absolute Gasteiger partial charge is 0.482 e. The van der Waals surface area contributed by atoms with Gasteiger partial charge in [0.05, 0.1) is 24.6 Å². The van der Waals surface area contributed by atoms with E-state index in [1.807, 2.05) is 12.2 Å². The number of nitrogens with zero attached hydrogens (tertiary/aromatic N) is 2. The molecule has 4 atom stereocenters. The second-order valence-electron chi connectivity index (χ2n) is 10.3. The molecular formula is C28H31F3N4O6. The molecular weight excluding hydrogens is 545 g/mol. The Bertz CT molecular complexity index is 1270. The van der Waals surface area contributed by atoms with E-state index in [0.29, 0.717) is 31.5 Å². The highest BCUT2D eigenvalue weighted by Gasteiger charge is 2.40. The number of esters is 1. The summed E-state index contributed by atoms with van der Waals surface area (Å²) in [7, 11) is 0. The van der Waals surface area contributed by atoms with E-state index in [1.54, 1.807) is 29.2 Å². The Morgan fingerprint density at radius 3 is 2.49 bits per heavy atom. The maximum absolute atomic E-state index is 12.9. The third-order valence-corrected chi connectivity index (χ3v) is 6.98.